The number of unbranched alkanes of at least 4 members (excludes halogenated alkanes) is 1. The van der Waals surface area contributed by atoms with Gasteiger partial charge in [-0.25, -0.2) is 0 Å². The first-order chi connectivity index (χ1) is 16.6. The van der Waals surface area contributed by atoms with Crippen molar-refractivity contribution in [2.75, 3.05) is 0 Å². The quantitative estimate of drug-likeness (QED) is 0.293. The summed E-state index contributed by atoms with van der Waals surface area (Å²) in [7, 11) is -1.83. The number of rotatable bonds is 6. The third kappa shape index (κ3) is 4.54. The van der Waals surface area contributed by atoms with Crippen molar-refractivity contribution in [1.82, 2.24) is 0 Å². The van der Waals surface area contributed by atoms with Gasteiger partial charge in [-0.05, 0) is 92.3 Å². The molecule has 35 heavy (non-hydrogen) atoms. The smallest absolute Gasteiger partial charge is 0.187 e. The number of aryl methyl sites for hydroxylation is 1. The summed E-state index contributed by atoms with van der Waals surface area (Å²) >= 11 is 0. The Bertz CT molecular complexity index is 978. The maximum atomic E-state index is 13.5. The van der Waals surface area contributed by atoms with E-state index in [4.69, 9.17) is 4.43 Å². The molecule has 0 radical (unpaired) electrons. The van der Waals surface area contributed by atoms with Crippen LogP contribution in [0.2, 0.25) is 19.1 Å². The number of Topliss-reactive ketones (excluding diaryl/α,β-unsaturated/α-hetero) is 1. The Morgan fingerprint density at radius 2 is 1.80 bits per heavy atom. The predicted octanol–water partition coefficient (Wildman–Crippen LogP) is 8.61. The van der Waals surface area contributed by atoms with Crippen molar-refractivity contribution in [3.8, 4) is 0 Å². The predicted molar refractivity (Wildman–Crippen MR) is 148 cm³/mol. The van der Waals surface area contributed by atoms with Crippen LogP contribution in [0.15, 0.2) is 35.9 Å². The molecule has 0 amide bonds. The van der Waals surface area contributed by atoms with Crippen LogP contribution in [0, 0.1) is 35.5 Å². The van der Waals surface area contributed by atoms with E-state index in [1.54, 1.807) is 0 Å². The first kappa shape index (κ1) is 25.5. The zero-order chi connectivity index (χ0) is 25.0. The molecule has 0 N–H and O–H groups in total. The number of carbonyl (C=O) groups excluding carboxylic acids is 1. The summed E-state index contributed by atoms with van der Waals surface area (Å²) in [4.78, 5) is 13.5. The molecule has 1 unspecified atom stereocenters. The molecule has 7 atom stereocenters. The molecule has 3 fully saturated rings. The fourth-order valence-corrected chi connectivity index (χ4v) is 11.1. The van der Waals surface area contributed by atoms with Crippen LogP contribution in [0.3, 0.4) is 0 Å². The number of hydrogen-bond donors (Lipinski definition) is 0. The number of fused-ring (bicyclic) bond motifs is 5. The van der Waals surface area contributed by atoms with Crippen molar-refractivity contribution in [1.29, 1.82) is 0 Å². The second kappa shape index (κ2) is 9.28. The molecular weight excluding hydrogens is 444 g/mol. The molecule has 0 aromatic heterocycles. The topological polar surface area (TPSA) is 26.3 Å². The Kier molecular flexibility index (Phi) is 6.75. The van der Waals surface area contributed by atoms with Crippen LogP contribution in [0.1, 0.15) is 95.6 Å². The minimum atomic E-state index is -1.83. The van der Waals surface area contributed by atoms with Gasteiger partial charge in [-0.2, -0.15) is 0 Å². The Balaban J connectivity index is 1.52. The summed E-state index contributed by atoms with van der Waals surface area (Å²) in [6.07, 6.45) is 13.2. The summed E-state index contributed by atoms with van der Waals surface area (Å²) in [6.45, 7) is 14.2. The highest BCUT2D eigenvalue weighted by atomic mass is 28.4. The summed E-state index contributed by atoms with van der Waals surface area (Å²) in [5.41, 5.74) is 4.83. The molecule has 1 aromatic carbocycles. The van der Waals surface area contributed by atoms with Gasteiger partial charge in [0.05, 0.1) is 0 Å². The van der Waals surface area contributed by atoms with Gasteiger partial charge in [0.15, 0.2) is 14.1 Å². The summed E-state index contributed by atoms with van der Waals surface area (Å²) in [5.74, 6) is 2.94. The Morgan fingerprint density at radius 3 is 2.51 bits per heavy atom. The van der Waals surface area contributed by atoms with Crippen molar-refractivity contribution < 1.29 is 9.22 Å². The molecule has 0 heterocycles. The van der Waals surface area contributed by atoms with Crippen molar-refractivity contribution in [3.63, 3.8) is 0 Å². The number of hydrogen-bond acceptors (Lipinski definition) is 2. The lowest BCUT2D eigenvalue weighted by atomic mass is 9.45. The van der Waals surface area contributed by atoms with Crippen molar-refractivity contribution in [2.45, 2.75) is 117 Å². The molecule has 1 aromatic rings. The van der Waals surface area contributed by atoms with E-state index in [-0.39, 0.29) is 11.5 Å². The van der Waals surface area contributed by atoms with Crippen LogP contribution >= 0.6 is 0 Å². The molecule has 3 heteroatoms. The van der Waals surface area contributed by atoms with Crippen LogP contribution in [-0.2, 0) is 9.22 Å². The Labute approximate surface area is 215 Å². The molecule has 0 bridgehead atoms. The monoisotopic (exact) mass is 492 g/mol. The van der Waals surface area contributed by atoms with Gasteiger partial charge in [0, 0.05) is 12.3 Å². The molecule has 0 spiro atoms. The lowest BCUT2D eigenvalue weighted by Crippen LogP contribution is -2.54. The Morgan fingerprint density at radius 1 is 1.06 bits per heavy atom. The van der Waals surface area contributed by atoms with Crippen molar-refractivity contribution >= 4 is 14.1 Å². The average Bonchev–Trinajstić information content (AvgIpc) is 3.21. The van der Waals surface area contributed by atoms with E-state index in [1.165, 1.54) is 61.6 Å². The molecule has 3 saturated carbocycles. The van der Waals surface area contributed by atoms with Gasteiger partial charge in [0.1, 0.15) is 6.10 Å². The molecule has 0 aliphatic heterocycles. The van der Waals surface area contributed by atoms with E-state index >= 15 is 0 Å². The number of ketones is 1. The molecule has 4 aliphatic rings. The molecule has 4 aliphatic carbocycles. The van der Waals surface area contributed by atoms with E-state index < -0.39 is 8.32 Å². The SMILES string of the molecule is CCCC[Si](C)(C)OC1C[C@@]2(C)C(=C[C@H](c3ccc(C)cc3)[C@H]3[C@@H]4CCC[C@@]4(C)CC[C@@H]32)CC1=O. The first-order valence-corrected chi connectivity index (χ1v) is 17.7. The van der Waals surface area contributed by atoms with Gasteiger partial charge in [-0.1, -0.05) is 81.5 Å². The van der Waals surface area contributed by atoms with Crippen LogP contribution < -0.4 is 0 Å². The maximum absolute atomic E-state index is 13.5. The highest BCUT2D eigenvalue weighted by Gasteiger charge is 2.59. The highest BCUT2D eigenvalue weighted by Crippen LogP contribution is 2.67. The molecule has 5 rings (SSSR count). The molecule has 2 nitrogen and oxygen atoms in total. The van der Waals surface area contributed by atoms with Gasteiger partial charge >= 0.3 is 0 Å². The first-order valence-electron chi connectivity index (χ1n) is 14.5. The third-order valence-electron chi connectivity index (χ3n) is 10.9. The summed E-state index contributed by atoms with van der Waals surface area (Å²) < 4.78 is 6.78. The van der Waals surface area contributed by atoms with Gasteiger partial charge in [-0.15, -0.1) is 0 Å². The molecule has 0 saturated heterocycles. The summed E-state index contributed by atoms with van der Waals surface area (Å²) in [5, 5.41) is 0. The van der Waals surface area contributed by atoms with E-state index in [2.05, 4.69) is 71.1 Å². The maximum Gasteiger partial charge on any atom is 0.187 e. The highest BCUT2D eigenvalue weighted by molar-refractivity contribution is 6.71. The van der Waals surface area contributed by atoms with Gasteiger partial charge in [0.2, 0.25) is 0 Å². The number of allylic oxidation sites excluding steroid dienone is 2. The zero-order valence-corrected chi connectivity index (χ0v) is 24.2. The van der Waals surface area contributed by atoms with Crippen LogP contribution in [0.5, 0.6) is 0 Å². The van der Waals surface area contributed by atoms with Crippen LogP contribution in [0.25, 0.3) is 0 Å². The number of benzene rings is 1. The van der Waals surface area contributed by atoms with Crippen molar-refractivity contribution in [3.05, 3.63) is 47.0 Å². The minimum absolute atomic E-state index is 0.101. The standard InChI is InChI=1S/C32H48O2Si/c1-7-8-18-35(5,6)34-29-21-32(4)24(20-28(29)33)19-25(23-13-11-22(2)12-14-23)30-26-10-9-16-31(26,3)17-15-27(30)32/h11-14,19,25-27,29-30H,7-10,15-18,20-21H2,1-6H3/t25-,26+,27+,29?,30+,31+,32+/m1/s1. The van der Waals surface area contributed by atoms with Gasteiger partial charge < -0.3 is 4.43 Å². The van der Waals surface area contributed by atoms with Crippen molar-refractivity contribution in [2.24, 2.45) is 28.6 Å². The second-order valence-electron chi connectivity index (χ2n) is 13.7. The normalized spacial score (nSPS) is 39.0. The van der Waals surface area contributed by atoms with E-state index in [1.807, 2.05) is 0 Å². The lowest BCUT2D eigenvalue weighted by Gasteiger charge is -2.59. The second-order valence-corrected chi connectivity index (χ2v) is 18.0. The average molecular weight is 493 g/mol. The van der Waals surface area contributed by atoms with Crippen LogP contribution in [0.4, 0.5) is 0 Å². The number of carbonyl (C=O) groups is 1. The van der Waals surface area contributed by atoms with Crippen LogP contribution in [-0.4, -0.2) is 20.2 Å². The summed E-state index contributed by atoms with van der Waals surface area (Å²) in [6, 6.07) is 10.5. The molecular formula is C32H48O2Si. The third-order valence-corrected chi connectivity index (χ3v) is 13.3. The fourth-order valence-electron chi connectivity index (χ4n) is 8.79. The van der Waals surface area contributed by atoms with Gasteiger partial charge in [0.25, 0.3) is 0 Å². The fraction of sp³-hybridized carbons (Fsp3) is 0.719. The lowest BCUT2D eigenvalue weighted by molar-refractivity contribution is -0.132. The van der Waals surface area contributed by atoms with Gasteiger partial charge in [-0.3, -0.25) is 4.79 Å². The largest absolute Gasteiger partial charge is 0.407 e. The van der Waals surface area contributed by atoms with E-state index in [0.29, 0.717) is 35.4 Å². The zero-order valence-electron chi connectivity index (χ0n) is 23.2. The molecule has 192 valence electrons. The Hall–Kier alpha value is -1.19. The minimum Gasteiger partial charge on any atom is -0.407 e. The van der Waals surface area contributed by atoms with E-state index in [9.17, 15) is 4.79 Å². The van der Waals surface area contributed by atoms with E-state index in [0.717, 1.165) is 18.4 Å².